The van der Waals surface area contributed by atoms with Gasteiger partial charge in [-0.25, -0.2) is 0 Å². The van der Waals surface area contributed by atoms with Gasteiger partial charge < -0.3 is 4.57 Å². The van der Waals surface area contributed by atoms with Gasteiger partial charge in [-0.1, -0.05) is 73.7 Å². The van der Waals surface area contributed by atoms with Gasteiger partial charge in [-0.15, -0.1) is 11.3 Å². The summed E-state index contributed by atoms with van der Waals surface area (Å²) in [6.45, 7) is 2.25. The number of thiophene rings is 1. The first kappa shape index (κ1) is 15.9. The Hall–Kier alpha value is -3.10. The van der Waals surface area contributed by atoms with Crippen LogP contribution in [0, 0.1) is 0 Å². The van der Waals surface area contributed by atoms with Gasteiger partial charge >= 0.3 is 0 Å². The first-order chi connectivity index (χ1) is 13.9. The average Bonchev–Trinajstić information content (AvgIpc) is 3.30. The molecule has 0 aliphatic rings. The topological polar surface area (TPSA) is 4.93 Å². The summed E-state index contributed by atoms with van der Waals surface area (Å²) < 4.78 is 5.25. The Bertz CT molecular complexity index is 1490. The van der Waals surface area contributed by atoms with Crippen LogP contribution in [0.25, 0.3) is 47.7 Å². The molecule has 2 aromatic heterocycles. The van der Waals surface area contributed by atoms with E-state index >= 15 is 0 Å². The lowest BCUT2D eigenvalue weighted by Gasteiger charge is -2.08. The number of nitrogens with zero attached hydrogens (tertiary/aromatic N) is 1. The smallest absolute Gasteiger partial charge is 0.0719 e. The molecular formula is C26H19NS. The van der Waals surface area contributed by atoms with E-state index in [1.54, 1.807) is 0 Å². The molecule has 28 heavy (non-hydrogen) atoms. The monoisotopic (exact) mass is 377 g/mol. The highest BCUT2D eigenvalue weighted by molar-refractivity contribution is 7.26. The summed E-state index contributed by atoms with van der Waals surface area (Å²) in [6, 6.07) is 30.9. The Balaban J connectivity index is 1.89. The van der Waals surface area contributed by atoms with E-state index in [-0.39, 0.29) is 0 Å². The normalized spacial score (nSPS) is 11.9. The van der Waals surface area contributed by atoms with Crippen molar-refractivity contribution in [1.29, 1.82) is 0 Å². The van der Waals surface area contributed by atoms with Gasteiger partial charge in [0.1, 0.15) is 0 Å². The molecule has 0 saturated carbocycles. The standard InChI is InChI=1S/C26H19NS/c1-2-17-9-8-13-21-22-16-15-20-19-12-6-7-14-23(19)27(18-10-4-3-5-11-18)24(20)26(22)28-25(17)21/h3-16H,2H2,1H3. The van der Waals surface area contributed by atoms with Crippen molar-refractivity contribution in [2.75, 3.05) is 0 Å². The molecule has 0 aliphatic carbocycles. The van der Waals surface area contributed by atoms with Crippen molar-refractivity contribution >= 4 is 53.3 Å². The Labute approximate surface area is 167 Å². The third-order valence-corrected chi connectivity index (χ3v) is 7.08. The van der Waals surface area contributed by atoms with Crippen molar-refractivity contribution in [3.05, 3.63) is 90.5 Å². The lowest BCUT2D eigenvalue weighted by Crippen LogP contribution is -1.92. The summed E-state index contributed by atoms with van der Waals surface area (Å²) >= 11 is 1.95. The van der Waals surface area contributed by atoms with Crippen LogP contribution in [0.3, 0.4) is 0 Å². The van der Waals surface area contributed by atoms with Gasteiger partial charge in [0.2, 0.25) is 0 Å². The molecule has 6 aromatic rings. The summed E-state index contributed by atoms with van der Waals surface area (Å²) in [5.41, 5.74) is 5.25. The van der Waals surface area contributed by atoms with Crippen molar-refractivity contribution in [2.24, 2.45) is 0 Å². The Morgan fingerprint density at radius 2 is 1.36 bits per heavy atom. The van der Waals surface area contributed by atoms with Gasteiger partial charge in [-0.2, -0.15) is 0 Å². The van der Waals surface area contributed by atoms with Crippen LogP contribution in [0.4, 0.5) is 0 Å². The fourth-order valence-corrected chi connectivity index (χ4v) is 5.91. The van der Waals surface area contributed by atoms with Crippen molar-refractivity contribution in [2.45, 2.75) is 13.3 Å². The van der Waals surface area contributed by atoms with Crippen LogP contribution in [0.1, 0.15) is 12.5 Å². The highest BCUT2D eigenvalue weighted by atomic mass is 32.1. The maximum atomic E-state index is 2.44. The Morgan fingerprint density at radius 3 is 2.21 bits per heavy atom. The molecule has 0 spiro atoms. The summed E-state index contributed by atoms with van der Waals surface area (Å²) in [5.74, 6) is 0. The van der Waals surface area contributed by atoms with Crippen LogP contribution in [0.15, 0.2) is 84.9 Å². The number of fused-ring (bicyclic) bond motifs is 7. The van der Waals surface area contributed by atoms with E-state index in [9.17, 15) is 0 Å². The number of aryl methyl sites for hydroxylation is 1. The highest BCUT2D eigenvalue weighted by Crippen LogP contribution is 2.43. The molecule has 0 amide bonds. The van der Waals surface area contributed by atoms with E-state index < -0.39 is 0 Å². The summed E-state index contributed by atoms with van der Waals surface area (Å²) in [7, 11) is 0. The first-order valence-electron chi connectivity index (χ1n) is 9.78. The number of benzene rings is 4. The maximum Gasteiger partial charge on any atom is 0.0719 e. The molecule has 4 aromatic carbocycles. The second-order valence-electron chi connectivity index (χ2n) is 7.28. The predicted octanol–water partition coefficient (Wildman–Crippen LogP) is 7.71. The number of aromatic nitrogens is 1. The second-order valence-corrected chi connectivity index (χ2v) is 8.30. The Kier molecular flexibility index (Phi) is 3.38. The van der Waals surface area contributed by atoms with E-state index in [0.29, 0.717) is 0 Å². The van der Waals surface area contributed by atoms with Gasteiger partial charge in [0.15, 0.2) is 0 Å². The number of para-hydroxylation sites is 2. The highest BCUT2D eigenvalue weighted by Gasteiger charge is 2.17. The van der Waals surface area contributed by atoms with Crippen LogP contribution in [0.5, 0.6) is 0 Å². The molecule has 1 nitrogen and oxygen atoms in total. The molecule has 0 aliphatic heterocycles. The fraction of sp³-hybridized carbons (Fsp3) is 0.0769. The number of hydrogen-bond donors (Lipinski definition) is 0. The average molecular weight is 378 g/mol. The zero-order valence-electron chi connectivity index (χ0n) is 15.6. The fourth-order valence-electron chi connectivity index (χ4n) is 4.49. The van der Waals surface area contributed by atoms with Crippen LogP contribution in [0.2, 0.25) is 0 Å². The molecule has 0 radical (unpaired) electrons. The third kappa shape index (κ3) is 2.07. The number of hydrogen-bond acceptors (Lipinski definition) is 1. The maximum absolute atomic E-state index is 2.44. The molecular weight excluding hydrogens is 358 g/mol. The van der Waals surface area contributed by atoms with Crippen LogP contribution < -0.4 is 0 Å². The van der Waals surface area contributed by atoms with Crippen molar-refractivity contribution in [3.63, 3.8) is 0 Å². The molecule has 0 bridgehead atoms. The Morgan fingerprint density at radius 1 is 0.643 bits per heavy atom. The minimum absolute atomic E-state index is 1.06. The van der Waals surface area contributed by atoms with Gasteiger partial charge in [0.25, 0.3) is 0 Å². The first-order valence-corrected chi connectivity index (χ1v) is 10.6. The molecule has 0 saturated heterocycles. The van der Waals surface area contributed by atoms with E-state index in [1.165, 1.54) is 53.2 Å². The molecule has 0 atom stereocenters. The van der Waals surface area contributed by atoms with Crippen molar-refractivity contribution in [1.82, 2.24) is 4.57 Å². The molecule has 0 unspecified atom stereocenters. The second kappa shape index (κ2) is 5.95. The molecule has 0 N–H and O–H groups in total. The SMILES string of the molecule is CCc1cccc2c1sc1c2ccc2c3ccccc3n(-c3ccccc3)c21. The molecule has 6 rings (SSSR count). The van der Waals surface area contributed by atoms with Crippen LogP contribution in [-0.2, 0) is 6.42 Å². The zero-order chi connectivity index (χ0) is 18.7. The van der Waals surface area contributed by atoms with Gasteiger partial charge in [0, 0.05) is 31.9 Å². The minimum Gasteiger partial charge on any atom is -0.308 e. The lowest BCUT2D eigenvalue weighted by atomic mass is 10.1. The molecule has 2 heteroatoms. The lowest BCUT2D eigenvalue weighted by molar-refractivity contribution is 1.16. The third-order valence-electron chi connectivity index (χ3n) is 5.78. The van der Waals surface area contributed by atoms with E-state index in [2.05, 4.69) is 96.4 Å². The molecule has 2 heterocycles. The quantitative estimate of drug-likeness (QED) is 0.291. The van der Waals surface area contributed by atoms with E-state index in [4.69, 9.17) is 0 Å². The summed E-state index contributed by atoms with van der Waals surface area (Å²) in [5, 5.41) is 5.39. The summed E-state index contributed by atoms with van der Waals surface area (Å²) in [6.07, 6.45) is 1.06. The van der Waals surface area contributed by atoms with Gasteiger partial charge in [-0.05, 0) is 30.2 Å². The van der Waals surface area contributed by atoms with Crippen molar-refractivity contribution in [3.8, 4) is 5.69 Å². The van der Waals surface area contributed by atoms with E-state index in [1.807, 2.05) is 11.3 Å². The summed E-state index contributed by atoms with van der Waals surface area (Å²) in [4.78, 5) is 0. The largest absolute Gasteiger partial charge is 0.308 e. The minimum atomic E-state index is 1.06. The number of rotatable bonds is 2. The predicted molar refractivity (Wildman–Crippen MR) is 123 cm³/mol. The zero-order valence-corrected chi connectivity index (χ0v) is 16.5. The van der Waals surface area contributed by atoms with Gasteiger partial charge in [-0.3, -0.25) is 0 Å². The molecule has 0 fully saturated rings. The molecule has 134 valence electrons. The van der Waals surface area contributed by atoms with E-state index in [0.717, 1.165) is 6.42 Å². The van der Waals surface area contributed by atoms with Crippen molar-refractivity contribution < 1.29 is 0 Å². The van der Waals surface area contributed by atoms with Crippen LogP contribution >= 0.6 is 11.3 Å². The van der Waals surface area contributed by atoms with Gasteiger partial charge in [0.05, 0.1) is 15.7 Å². The van der Waals surface area contributed by atoms with Crippen LogP contribution in [-0.4, -0.2) is 4.57 Å².